The number of benzene rings is 1. The highest BCUT2D eigenvalue weighted by atomic mass is 35.5. The fourth-order valence-electron chi connectivity index (χ4n) is 1.36. The zero-order valence-corrected chi connectivity index (χ0v) is 10.6. The number of carbonyl (C=O) groups is 1. The normalized spacial score (nSPS) is 18.1. The molecule has 0 atom stereocenters. The summed E-state index contributed by atoms with van der Waals surface area (Å²) < 4.78 is 51.4. The van der Waals surface area contributed by atoms with Crippen molar-refractivity contribution in [1.82, 2.24) is 5.32 Å². The molecule has 1 aromatic rings. The summed E-state index contributed by atoms with van der Waals surface area (Å²) in [4.78, 5) is 12.0. The van der Waals surface area contributed by atoms with Crippen molar-refractivity contribution in [1.29, 1.82) is 0 Å². The van der Waals surface area contributed by atoms with Gasteiger partial charge in [-0.3, -0.25) is 4.79 Å². The zero-order chi connectivity index (χ0) is 18.1. The largest absolute Gasteiger partial charge is 0.324 e. The number of aryl methyl sites for hydroxylation is 2. The van der Waals surface area contributed by atoms with Gasteiger partial charge in [-0.2, -0.15) is 0 Å². The molecule has 0 aromatic heterocycles. The Kier molecular flexibility index (Phi) is 3.17. The first-order valence-electron chi connectivity index (χ1n) is 8.41. The Morgan fingerprint density at radius 1 is 1.41 bits per heavy atom. The molecule has 0 aliphatic heterocycles. The van der Waals surface area contributed by atoms with Gasteiger partial charge in [-0.05, 0) is 25.0 Å². The summed E-state index contributed by atoms with van der Waals surface area (Å²) >= 11 is 0. The fraction of sp³-hybridized carbons (Fsp3) is 0.462. The van der Waals surface area contributed by atoms with E-state index in [-0.39, 0.29) is 12.4 Å². The maximum absolute atomic E-state index is 12.0. The summed E-state index contributed by atoms with van der Waals surface area (Å²) in [5.74, 6) is -0.618. The first kappa shape index (κ1) is 7.39. The number of rotatable bonds is 4. The van der Waals surface area contributed by atoms with Crippen molar-refractivity contribution in [3.63, 3.8) is 0 Å². The Hall–Kier alpha value is -1.06. The van der Waals surface area contributed by atoms with E-state index < -0.39 is 32.2 Å². The van der Waals surface area contributed by atoms with Gasteiger partial charge in [0.1, 0.15) is 0 Å². The van der Waals surface area contributed by atoms with E-state index in [1.807, 2.05) is 6.07 Å². The molecule has 96 valence electrons. The van der Waals surface area contributed by atoms with Crippen molar-refractivity contribution in [2.24, 2.45) is 0 Å². The third kappa shape index (κ3) is 5.20. The molecule has 3 nitrogen and oxygen atoms in total. The van der Waals surface area contributed by atoms with Gasteiger partial charge in [0.05, 0.1) is 6.54 Å². The summed E-state index contributed by atoms with van der Waals surface area (Å²) in [7, 11) is 0. The fourth-order valence-corrected chi connectivity index (χ4v) is 1.36. The van der Waals surface area contributed by atoms with E-state index in [0.717, 1.165) is 11.1 Å². The van der Waals surface area contributed by atoms with Crippen LogP contribution in [0.4, 0.5) is 5.69 Å². The van der Waals surface area contributed by atoms with Crippen LogP contribution in [-0.2, 0) is 4.79 Å². The maximum Gasteiger partial charge on any atom is 0.238 e. The molecule has 1 aromatic carbocycles. The smallest absolute Gasteiger partial charge is 0.238 e. The van der Waals surface area contributed by atoms with Gasteiger partial charge in [0.15, 0.2) is 0 Å². The summed E-state index contributed by atoms with van der Waals surface area (Å²) in [6.45, 7) is -3.23. The molecule has 0 radical (unpaired) electrons. The minimum Gasteiger partial charge on any atom is -0.324 e. The Labute approximate surface area is 119 Å². The second kappa shape index (κ2) is 7.30. The number of hydrogen-bond acceptors (Lipinski definition) is 2. The number of halogens is 1. The van der Waals surface area contributed by atoms with Crippen molar-refractivity contribution in [3.05, 3.63) is 29.3 Å². The minimum absolute atomic E-state index is 0. The molecule has 4 heteroatoms. The van der Waals surface area contributed by atoms with Crippen molar-refractivity contribution < 1.29 is 14.4 Å². The van der Waals surface area contributed by atoms with E-state index in [2.05, 4.69) is 10.6 Å². The minimum atomic E-state index is -3.11. The predicted molar refractivity (Wildman–Crippen MR) is 74.9 cm³/mol. The molecule has 0 fully saturated rings. The third-order valence-corrected chi connectivity index (χ3v) is 2.17. The summed E-state index contributed by atoms with van der Waals surface area (Å²) in [6.07, 6.45) is 0. The number of anilines is 1. The lowest BCUT2D eigenvalue weighted by molar-refractivity contribution is -0.115. The topological polar surface area (TPSA) is 41.1 Å². The van der Waals surface area contributed by atoms with Crippen LogP contribution in [-0.4, -0.2) is 18.5 Å². The van der Waals surface area contributed by atoms with Gasteiger partial charge in [-0.15, -0.1) is 12.4 Å². The van der Waals surface area contributed by atoms with Crippen LogP contribution in [0.3, 0.4) is 0 Å². The zero-order valence-electron chi connectivity index (χ0n) is 16.8. The lowest BCUT2D eigenvalue weighted by atomic mass is 10.1. The number of para-hydroxylation sites is 1. The highest BCUT2D eigenvalue weighted by Gasteiger charge is 2.06. The molecule has 0 heterocycles. The van der Waals surface area contributed by atoms with Crippen LogP contribution >= 0.6 is 12.4 Å². The molecule has 1 amide bonds. The van der Waals surface area contributed by atoms with Gasteiger partial charge < -0.3 is 10.6 Å². The molecular formula is C13H21ClN2O. The lowest BCUT2D eigenvalue weighted by Gasteiger charge is -2.12. The predicted octanol–water partition coefficient (Wildman–Crippen LogP) is 2.66. The Morgan fingerprint density at radius 3 is 2.53 bits per heavy atom. The number of amides is 1. The molecular weight excluding hydrogens is 236 g/mol. The van der Waals surface area contributed by atoms with Crippen molar-refractivity contribution >= 4 is 24.0 Å². The Morgan fingerprint density at radius 2 is 2.00 bits per heavy atom. The molecule has 0 aliphatic carbocycles. The van der Waals surface area contributed by atoms with E-state index >= 15 is 0 Å². The van der Waals surface area contributed by atoms with E-state index in [1.54, 1.807) is 26.0 Å². The average molecular weight is 264 g/mol. The summed E-state index contributed by atoms with van der Waals surface area (Å²) in [5, 5.41) is 4.67. The van der Waals surface area contributed by atoms with Crippen molar-refractivity contribution in [2.45, 2.75) is 33.6 Å². The van der Waals surface area contributed by atoms with Gasteiger partial charge in [0.25, 0.3) is 0 Å². The van der Waals surface area contributed by atoms with Gasteiger partial charge >= 0.3 is 0 Å². The quantitative estimate of drug-likeness (QED) is 0.877. The van der Waals surface area contributed by atoms with Crippen LogP contribution in [0.1, 0.15) is 34.4 Å². The molecule has 0 unspecified atom stereocenters. The third-order valence-electron chi connectivity index (χ3n) is 2.17. The van der Waals surface area contributed by atoms with Gasteiger partial charge in [-0.1, -0.05) is 31.9 Å². The average Bonchev–Trinajstić information content (AvgIpc) is 2.37. The van der Waals surface area contributed by atoms with Crippen LogP contribution in [0.25, 0.3) is 0 Å². The number of carbonyl (C=O) groups excluding carboxylic acids is 1. The number of hydrogen-bond donors (Lipinski definition) is 2. The standard InChI is InChI=1S/C13H20N2O.ClH/c1-9(2)14-8-12(16)15-13-10(3)6-5-7-11(13)4;/h5-7,9,14H,8H2,1-4H3,(H,15,16);1H/i1D3,2D3,9D;. The van der Waals surface area contributed by atoms with E-state index in [1.165, 1.54) is 0 Å². The van der Waals surface area contributed by atoms with Crippen LogP contribution in [0.15, 0.2) is 18.2 Å². The molecule has 2 N–H and O–H groups in total. The lowest BCUT2D eigenvalue weighted by Crippen LogP contribution is -2.32. The maximum atomic E-state index is 12.0. The molecule has 0 aliphatic rings. The van der Waals surface area contributed by atoms with E-state index in [0.29, 0.717) is 5.69 Å². The molecule has 0 saturated heterocycles. The van der Waals surface area contributed by atoms with Crippen LogP contribution < -0.4 is 10.6 Å². The summed E-state index contributed by atoms with van der Waals surface area (Å²) in [6, 6.07) is 2.51. The van der Waals surface area contributed by atoms with Gasteiger partial charge in [0, 0.05) is 21.3 Å². The summed E-state index contributed by atoms with van der Waals surface area (Å²) in [5.41, 5.74) is 2.22. The van der Waals surface area contributed by atoms with E-state index in [4.69, 9.17) is 9.60 Å². The first-order chi connectivity index (χ1) is 10.3. The van der Waals surface area contributed by atoms with Gasteiger partial charge in [-0.25, -0.2) is 0 Å². The van der Waals surface area contributed by atoms with Crippen LogP contribution in [0.5, 0.6) is 0 Å². The Bertz CT molecular complexity index is 552. The molecule has 0 bridgehead atoms. The van der Waals surface area contributed by atoms with Crippen LogP contribution in [0, 0.1) is 13.8 Å². The van der Waals surface area contributed by atoms with Crippen molar-refractivity contribution in [3.8, 4) is 0 Å². The molecule has 17 heavy (non-hydrogen) atoms. The van der Waals surface area contributed by atoms with Crippen LogP contribution in [0.2, 0.25) is 0 Å². The van der Waals surface area contributed by atoms with Gasteiger partial charge in [0.2, 0.25) is 5.91 Å². The van der Waals surface area contributed by atoms with Crippen molar-refractivity contribution in [2.75, 3.05) is 11.9 Å². The molecule has 1 rings (SSSR count). The molecule has 0 spiro atoms. The monoisotopic (exact) mass is 263 g/mol. The molecule has 0 saturated carbocycles. The second-order valence-electron chi connectivity index (χ2n) is 3.54. The SMILES string of the molecule is Cl.[2H]C([2H])([2H])C([2H])(NCC(=O)Nc1c(C)cccc1C)C([2H])([2H])[2H]. The highest BCUT2D eigenvalue weighted by molar-refractivity contribution is 5.93. The highest BCUT2D eigenvalue weighted by Crippen LogP contribution is 2.18. The number of nitrogens with one attached hydrogen (secondary N) is 2. The Balaban J connectivity index is 0.00000529. The van der Waals surface area contributed by atoms with E-state index in [9.17, 15) is 4.79 Å². The second-order valence-corrected chi connectivity index (χ2v) is 3.54. The first-order valence-corrected chi connectivity index (χ1v) is 4.91.